The maximum atomic E-state index is 5.01. The Labute approximate surface area is 69.2 Å². The Morgan fingerprint density at radius 3 is 2.83 bits per heavy atom. The Balaban J connectivity index is 2.79. The van der Waals surface area contributed by atoms with Crippen LogP contribution in [0.25, 0.3) is 10.9 Å². The molecule has 0 radical (unpaired) electrons. The standard InChI is InChI=1S/C8H7N3O/c1-12-8-6-4-2-3-5-7(6)9-11-10-8/h2-5H,1H3. The molecule has 0 atom stereocenters. The summed E-state index contributed by atoms with van der Waals surface area (Å²) in [6.07, 6.45) is 0. The first kappa shape index (κ1) is 6.97. The molecule has 1 aromatic carbocycles. The number of hydrogen-bond acceptors (Lipinski definition) is 4. The summed E-state index contributed by atoms with van der Waals surface area (Å²) in [4.78, 5) is 0. The third-order valence-corrected chi connectivity index (χ3v) is 1.62. The molecule has 1 heterocycles. The van der Waals surface area contributed by atoms with Crippen LogP contribution in [0.1, 0.15) is 0 Å². The number of hydrogen-bond donors (Lipinski definition) is 0. The Bertz CT molecular complexity index is 397. The Morgan fingerprint density at radius 2 is 2.00 bits per heavy atom. The van der Waals surface area contributed by atoms with Gasteiger partial charge in [0.05, 0.1) is 12.5 Å². The number of aromatic nitrogens is 3. The maximum Gasteiger partial charge on any atom is 0.244 e. The maximum absolute atomic E-state index is 5.01. The highest BCUT2D eigenvalue weighted by molar-refractivity contribution is 5.82. The van der Waals surface area contributed by atoms with Crippen LogP contribution in [-0.2, 0) is 0 Å². The lowest BCUT2D eigenvalue weighted by Gasteiger charge is -1.99. The van der Waals surface area contributed by atoms with Crippen molar-refractivity contribution in [3.8, 4) is 5.88 Å². The van der Waals surface area contributed by atoms with Crippen molar-refractivity contribution in [1.82, 2.24) is 15.4 Å². The molecule has 0 bridgehead atoms. The molecule has 1 aromatic heterocycles. The van der Waals surface area contributed by atoms with E-state index in [1.165, 1.54) is 0 Å². The van der Waals surface area contributed by atoms with Gasteiger partial charge in [-0.25, -0.2) is 0 Å². The molecule has 0 N–H and O–H groups in total. The van der Waals surface area contributed by atoms with Gasteiger partial charge in [-0.3, -0.25) is 0 Å². The van der Waals surface area contributed by atoms with Crippen LogP contribution in [0.5, 0.6) is 5.88 Å². The predicted octanol–water partition coefficient (Wildman–Crippen LogP) is 1.03. The molecule has 2 rings (SSSR count). The van der Waals surface area contributed by atoms with Crippen molar-refractivity contribution >= 4 is 10.9 Å². The Morgan fingerprint density at radius 1 is 1.17 bits per heavy atom. The van der Waals surface area contributed by atoms with E-state index >= 15 is 0 Å². The molecule has 0 saturated carbocycles. The van der Waals surface area contributed by atoms with Gasteiger partial charge in [0.15, 0.2) is 0 Å². The van der Waals surface area contributed by atoms with Crippen molar-refractivity contribution in [2.45, 2.75) is 0 Å². The lowest BCUT2D eigenvalue weighted by molar-refractivity contribution is 0.395. The molecule has 0 aliphatic rings. The van der Waals surface area contributed by atoms with E-state index in [2.05, 4.69) is 15.4 Å². The zero-order valence-corrected chi connectivity index (χ0v) is 6.56. The molecule has 4 nitrogen and oxygen atoms in total. The van der Waals surface area contributed by atoms with Crippen LogP contribution < -0.4 is 4.74 Å². The summed E-state index contributed by atoms with van der Waals surface area (Å²) in [5.74, 6) is 0.514. The highest BCUT2D eigenvalue weighted by Crippen LogP contribution is 2.18. The zero-order chi connectivity index (χ0) is 8.39. The van der Waals surface area contributed by atoms with Crippen LogP contribution in [0.15, 0.2) is 24.3 Å². The minimum absolute atomic E-state index is 0.514. The fraction of sp³-hybridized carbons (Fsp3) is 0.125. The number of rotatable bonds is 1. The van der Waals surface area contributed by atoms with E-state index in [0.717, 1.165) is 10.9 Å². The van der Waals surface area contributed by atoms with E-state index in [0.29, 0.717) is 5.88 Å². The van der Waals surface area contributed by atoms with Gasteiger partial charge in [0, 0.05) is 0 Å². The second-order valence-corrected chi connectivity index (χ2v) is 2.32. The molecule has 0 amide bonds. The quantitative estimate of drug-likeness (QED) is 0.626. The van der Waals surface area contributed by atoms with E-state index in [9.17, 15) is 0 Å². The fourth-order valence-corrected chi connectivity index (χ4v) is 1.06. The van der Waals surface area contributed by atoms with Gasteiger partial charge in [-0.15, -0.1) is 5.10 Å². The topological polar surface area (TPSA) is 47.9 Å². The van der Waals surface area contributed by atoms with Gasteiger partial charge in [0.2, 0.25) is 5.88 Å². The van der Waals surface area contributed by atoms with Crippen LogP contribution >= 0.6 is 0 Å². The number of ether oxygens (including phenoxy) is 1. The van der Waals surface area contributed by atoms with Crippen molar-refractivity contribution in [1.29, 1.82) is 0 Å². The van der Waals surface area contributed by atoms with E-state index in [4.69, 9.17) is 4.74 Å². The first-order valence-corrected chi connectivity index (χ1v) is 3.54. The van der Waals surface area contributed by atoms with Crippen LogP contribution in [0.4, 0.5) is 0 Å². The van der Waals surface area contributed by atoms with Gasteiger partial charge in [0.1, 0.15) is 5.52 Å². The second-order valence-electron chi connectivity index (χ2n) is 2.32. The van der Waals surface area contributed by atoms with E-state index in [1.807, 2.05) is 24.3 Å². The molecule has 12 heavy (non-hydrogen) atoms. The molecule has 0 saturated heterocycles. The highest BCUT2D eigenvalue weighted by atomic mass is 16.5. The first-order chi connectivity index (χ1) is 5.92. The van der Waals surface area contributed by atoms with Crippen molar-refractivity contribution in [3.05, 3.63) is 24.3 Å². The summed E-state index contributed by atoms with van der Waals surface area (Å²) in [7, 11) is 1.57. The van der Waals surface area contributed by atoms with Gasteiger partial charge >= 0.3 is 0 Å². The summed E-state index contributed by atoms with van der Waals surface area (Å²) in [6, 6.07) is 7.58. The predicted molar refractivity (Wildman–Crippen MR) is 43.9 cm³/mol. The third kappa shape index (κ3) is 0.972. The lowest BCUT2D eigenvalue weighted by atomic mass is 10.2. The average Bonchev–Trinajstić information content (AvgIpc) is 2.17. The fourth-order valence-electron chi connectivity index (χ4n) is 1.06. The van der Waals surface area contributed by atoms with Gasteiger partial charge in [-0.1, -0.05) is 17.2 Å². The SMILES string of the molecule is COc1nnnc2ccccc12. The van der Waals surface area contributed by atoms with Gasteiger partial charge in [0.25, 0.3) is 0 Å². The monoisotopic (exact) mass is 161 g/mol. The molecule has 0 spiro atoms. The molecule has 0 aliphatic carbocycles. The van der Waals surface area contributed by atoms with Crippen molar-refractivity contribution in [3.63, 3.8) is 0 Å². The molecule has 0 aliphatic heterocycles. The van der Waals surface area contributed by atoms with E-state index in [-0.39, 0.29) is 0 Å². The largest absolute Gasteiger partial charge is 0.479 e. The van der Waals surface area contributed by atoms with Gasteiger partial charge in [-0.05, 0) is 17.3 Å². The van der Waals surface area contributed by atoms with Crippen LogP contribution in [0.2, 0.25) is 0 Å². The third-order valence-electron chi connectivity index (χ3n) is 1.62. The number of benzene rings is 1. The van der Waals surface area contributed by atoms with Crippen molar-refractivity contribution in [2.24, 2.45) is 0 Å². The minimum atomic E-state index is 0.514. The summed E-state index contributed by atoms with van der Waals surface area (Å²) < 4.78 is 5.01. The number of methoxy groups -OCH3 is 1. The van der Waals surface area contributed by atoms with Crippen molar-refractivity contribution in [2.75, 3.05) is 7.11 Å². The molecular weight excluding hydrogens is 154 g/mol. The number of nitrogens with zero attached hydrogens (tertiary/aromatic N) is 3. The van der Waals surface area contributed by atoms with E-state index < -0.39 is 0 Å². The molecular formula is C8H7N3O. The Kier molecular flexibility index (Phi) is 1.59. The molecule has 0 fully saturated rings. The minimum Gasteiger partial charge on any atom is -0.479 e. The molecule has 4 heteroatoms. The molecule has 0 unspecified atom stereocenters. The highest BCUT2D eigenvalue weighted by Gasteiger charge is 2.01. The number of fused-ring (bicyclic) bond motifs is 1. The van der Waals surface area contributed by atoms with Crippen molar-refractivity contribution < 1.29 is 4.74 Å². The van der Waals surface area contributed by atoms with Crippen LogP contribution in [-0.4, -0.2) is 22.5 Å². The van der Waals surface area contributed by atoms with Crippen LogP contribution in [0, 0.1) is 0 Å². The lowest BCUT2D eigenvalue weighted by Crippen LogP contribution is -1.94. The molecule has 60 valence electrons. The summed E-state index contributed by atoms with van der Waals surface area (Å²) in [6.45, 7) is 0. The smallest absolute Gasteiger partial charge is 0.244 e. The first-order valence-electron chi connectivity index (χ1n) is 3.54. The van der Waals surface area contributed by atoms with Crippen LogP contribution in [0.3, 0.4) is 0 Å². The Hall–Kier alpha value is -1.71. The summed E-state index contributed by atoms with van der Waals surface area (Å²) in [5, 5.41) is 12.0. The van der Waals surface area contributed by atoms with Gasteiger partial charge < -0.3 is 4.74 Å². The average molecular weight is 161 g/mol. The molecule has 2 aromatic rings. The van der Waals surface area contributed by atoms with Gasteiger partial charge in [-0.2, -0.15) is 0 Å². The summed E-state index contributed by atoms with van der Waals surface area (Å²) in [5.41, 5.74) is 0.796. The summed E-state index contributed by atoms with van der Waals surface area (Å²) >= 11 is 0. The van der Waals surface area contributed by atoms with E-state index in [1.54, 1.807) is 7.11 Å². The zero-order valence-electron chi connectivity index (χ0n) is 6.56. The normalized spacial score (nSPS) is 10.1. The second kappa shape index (κ2) is 2.73.